The van der Waals surface area contributed by atoms with Crippen LogP contribution in [0.2, 0.25) is 0 Å². The van der Waals surface area contributed by atoms with Crippen LogP contribution in [0.5, 0.6) is 5.75 Å². The summed E-state index contributed by atoms with van der Waals surface area (Å²) < 4.78 is 11.1. The highest BCUT2D eigenvalue weighted by molar-refractivity contribution is 5.37. The van der Waals surface area contributed by atoms with Crippen LogP contribution in [0, 0.1) is 0 Å². The van der Waals surface area contributed by atoms with E-state index in [2.05, 4.69) is 52.3 Å². The summed E-state index contributed by atoms with van der Waals surface area (Å²) >= 11 is 0. The molecule has 5 heteroatoms. The van der Waals surface area contributed by atoms with Crippen molar-refractivity contribution in [2.24, 2.45) is 0 Å². The summed E-state index contributed by atoms with van der Waals surface area (Å²) in [5.74, 6) is 0.882. The number of ether oxygens (including phenoxy) is 2. The van der Waals surface area contributed by atoms with Crippen molar-refractivity contribution in [3.63, 3.8) is 0 Å². The molecule has 1 aliphatic rings. The van der Waals surface area contributed by atoms with Crippen molar-refractivity contribution in [1.82, 2.24) is 9.80 Å². The van der Waals surface area contributed by atoms with Crippen LogP contribution in [0.25, 0.3) is 0 Å². The number of rotatable bonds is 10. The topological polar surface area (TPSA) is 45.2 Å². The van der Waals surface area contributed by atoms with Crippen LogP contribution in [0.15, 0.2) is 48.5 Å². The minimum absolute atomic E-state index is 0.227. The van der Waals surface area contributed by atoms with Crippen LogP contribution < -0.4 is 4.74 Å². The Hall–Kier alpha value is -1.92. The molecule has 29 heavy (non-hydrogen) atoms. The minimum Gasteiger partial charge on any atom is -0.496 e. The standard InChI is InChI=1S/C24H34N2O3/c1-3-29-19-22-15-21(9-10-24(22)28-2)16-25-12-13-26(23(18-25)11-14-27)17-20-7-5-4-6-8-20/h4-10,15,23,27H,3,11-14,16-19H2,1-2H3/t23-/m0/s1. The highest BCUT2D eigenvalue weighted by Crippen LogP contribution is 2.23. The van der Waals surface area contributed by atoms with E-state index in [1.807, 2.05) is 13.0 Å². The van der Waals surface area contributed by atoms with Crippen molar-refractivity contribution in [1.29, 1.82) is 0 Å². The van der Waals surface area contributed by atoms with Gasteiger partial charge in [0.2, 0.25) is 0 Å². The molecule has 158 valence electrons. The second kappa shape index (κ2) is 11.3. The largest absolute Gasteiger partial charge is 0.496 e. The Morgan fingerprint density at radius 3 is 2.59 bits per heavy atom. The first-order valence-corrected chi connectivity index (χ1v) is 10.6. The van der Waals surface area contributed by atoms with Gasteiger partial charge >= 0.3 is 0 Å². The molecule has 0 bridgehead atoms. The van der Waals surface area contributed by atoms with Gasteiger partial charge in [-0.15, -0.1) is 0 Å². The zero-order valence-electron chi connectivity index (χ0n) is 17.7. The van der Waals surface area contributed by atoms with Crippen molar-refractivity contribution < 1.29 is 14.6 Å². The van der Waals surface area contributed by atoms with E-state index in [1.165, 1.54) is 11.1 Å². The predicted molar refractivity (Wildman–Crippen MR) is 116 cm³/mol. The molecule has 0 unspecified atom stereocenters. The van der Waals surface area contributed by atoms with Gasteiger partial charge in [-0.05, 0) is 36.6 Å². The molecule has 1 aliphatic heterocycles. The van der Waals surface area contributed by atoms with E-state index in [1.54, 1.807) is 7.11 Å². The Bertz CT molecular complexity index is 738. The summed E-state index contributed by atoms with van der Waals surface area (Å²) in [6.07, 6.45) is 0.807. The van der Waals surface area contributed by atoms with E-state index in [0.717, 1.165) is 50.5 Å². The zero-order chi connectivity index (χ0) is 20.5. The maximum Gasteiger partial charge on any atom is 0.124 e. The van der Waals surface area contributed by atoms with Crippen LogP contribution in [-0.4, -0.2) is 60.9 Å². The lowest BCUT2D eigenvalue weighted by molar-refractivity contribution is 0.0499. The minimum atomic E-state index is 0.227. The molecule has 1 N–H and O–H groups in total. The normalized spacial score (nSPS) is 18.1. The molecule has 2 aromatic rings. The van der Waals surface area contributed by atoms with E-state index in [4.69, 9.17) is 9.47 Å². The molecule has 0 radical (unpaired) electrons. The Balaban J connectivity index is 1.63. The summed E-state index contributed by atoms with van der Waals surface area (Å²) in [5, 5.41) is 9.58. The quantitative estimate of drug-likeness (QED) is 0.665. The maximum atomic E-state index is 9.58. The number of nitrogens with zero attached hydrogens (tertiary/aromatic N) is 2. The molecule has 0 aromatic heterocycles. The lowest BCUT2D eigenvalue weighted by atomic mass is 10.0. The Morgan fingerprint density at radius 1 is 1.03 bits per heavy atom. The molecule has 3 rings (SSSR count). The Labute approximate surface area is 174 Å². The molecule has 1 heterocycles. The van der Waals surface area contributed by atoms with Crippen LogP contribution in [0.1, 0.15) is 30.0 Å². The number of aliphatic hydroxyl groups is 1. The number of hydrogen-bond acceptors (Lipinski definition) is 5. The van der Waals surface area contributed by atoms with Gasteiger partial charge in [0.15, 0.2) is 0 Å². The summed E-state index contributed by atoms with van der Waals surface area (Å²) in [5.41, 5.74) is 3.71. The van der Waals surface area contributed by atoms with Crippen LogP contribution in [-0.2, 0) is 24.4 Å². The van der Waals surface area contributed by atoms with Gasteiger partial charge in [-0.2, -0.15) is 0 Å². The fourth-order valence-corrected chi connectivity index (χ4v) is 4.06. The monoisotopic (exact) mass is 398 g/mol. The van der Waals surface area contributed by atoms with Crippen LogP contribution >= 0.6 is 0 Å². The lowest BCUT2D eigenvalue weighted by Gasteiger charge is -2.41. The number of benzene rings is 2. The van der Waals surface area contributed by atoms with Crippen molar-refractivity contribution in [2.75, 3.05) is 40.0 Å². The van der Waals surface area contributed by atoms with E-state index in [9.17, 15) is 5.11 Å². The third-order valence-corrected chi connectivity index (χ3v) is 5.59. The van der Waals surface area contributed by atoms with E-state index in [-0.39, 0.29) is 6.61 Å². The first kappa shape index (κ1) is 21.8. The van der Waals surface area contributed by atoms with Crippen LogP contribution in [0.3, 0.4) is 0 Å². The van der Waals surface area contributed by atoms with Crippen molar-refractivity contribution >= 4 is 0 Å². The second-order valence-electron chi connectivity index (χ2n) is 7.64. The van der Waals surface area contributed by atoms with Gasteiger partial charge in [-0.1, -0.05) is 36.4 Å². The van der Waals surface area contributed by atoms with Crippen molar-refractivity contribution in [2.45, 2.75) is 39.1 Å². The summed E-state index contributed by atoms with van der Waals surface area (Å²) in [4.78, 5) is 5.00. The third kappa shape index (κ3) is 6.28. The molecular weight excluding hydrogens is 364 g/mol. The smallest absolute Gasteiger partial charge is 0.124 e. The highest BCUT2D eigenvalue weighted by atomic mass is 16.5. The number of methoxy groups -OCH3 is 1. The van der Waals surface area contributed by atoms with Crippen LogP contribution in [0.4, 0.5) is 0 Å². The second-order valence-corrected chi connectivity index (χ2v) is 7.64. The summed E-state index contributed by atoms with van der Waals surface area (Å²) in [6.45, 7) is 8.37. The van der Waals surface area contributed by atoms with Crippen molar-refractivity contribution in [3.8, 4) is 5.75 Å². The first-order chi connectivity index (χ1) is 14.2. The van der Waals surface area contributed by atoms with Gasteiger partial charge < -0.3 is 14.6 Å². The average molecular weight is 399 g/mol. The molecule has 1 atom stereocenters. The van der Waals surface area contributed by atoms with Gasteiger partial charge in [0.25, 0.3) is 0 Å². The maximum absolute atomic E-state index is 9.58. The summed E-state index contributed by atoms with van der Waals surface area (Å²) in [7, 11) is 1.70. The number of hydrogen-bond donors (Lipinski definition) is 1. The van der Waals surface area contributed by atoms with Gasteiger partial charge in [-0.25, -0.2) is 0 Å². The highest BCUT2D eigenvalue weighted by Gasteiger charge is 2.26. The van der Waals surface area contributed by atoms with Crippen molar-refractivity contribution in [3.05, 3.63) is 65.2 Å². The Kier molecular flexibility index (Phi) is 8.50. The summed E-state index contributed by atoms with van der Waals surface area (Å²) in [6, 6.07) is 17.4. The van der Waals surface area contributed by atoms with E-state index in [0.29, 0.717) is 19.3 Å². The average Bonchev–Trinajstić information content (AvgIpc) is 2.75. The number of piperazine rings is 1. The third-order valence-electron chi connectivity index (χ3n) is 5.59. The van der Waals surface area contributed by atoms with E-state index < -0.39 is 0 Å². The molecule has 2 aromatic carbocycles. The predicted octanol–water partition coefficient (Wildman–Crippen LogP) is 3.30. The fraction of sp³-hybridized carbons (Fsp3) is 0.500. The molecule has 0 spiro atoms. The fourth-order valence-electron chi connectivity index (χ4n) is 4.06. The van der Waals surface area contributed by atoms with Gasteiger partial charge in [0, 0.05) is 57.5 Å². The SMILES string of the molecule is CCOCc1cc(CN2CCN(Cc3ccccc3)[C@@H](CCO)C2)ccc1OC. The lowest BCUT2D eigenvalue weighted by Crippen LogP contribution is -2.52. The zero-order valence-corrected chi connectivity index (χ0v) is 17.7. The Morgan fingerprint density at radius 2 is 1.86 bits per heavy atom. The van der Waals surface area contributed by atoms with Gasteiger partial charge in [0.1, 0.15) is 5.75 Å². The van der Waals surface area contributed by atoms with Gasteiger partial charge in [-0.3, -0.25) is 9.80 Å². The molecular formula is C24H34N2O3. The van der Waals surface area contributed by atoms with E-state index >= 15 is 0 Å². The molecule has 0 amide bonds. The number of aliphatic hydroxyl groups excluding tert-OH is 1. The molecule has 1 fully saturated rings. The molecule has 0 saturated carbocycles. The first-order valence-electron chi connectivity index (χ1n) is 10.6. The molecule has 5 nitrogen and oxygen atoms in total. The van der Waals surface area contributed by atoms with Gasteiger partial charge in [0.05, 0.1) is 13.7 Å². The molecule has 0 aliphatic carbocycles. The molecule has 1 saturated heterocycles.